The molecule has 0 spiro atoms. The van der Waals surface area contributed by atoms with Gasteiger partial charge in [-0.05, 0) is 12.3 Å². The molecule has 94 valence electrons. The number of carbonyl (C=O) groups is 2. The van der Waals surface area contributed by atoms with Crippen LogP contribution in [0.15, 0.2) is 0 Å². The number of hydrogen-bond donors (Lipinski definition) is 2. The monoisotopic (exact) mass is 229 g/mol. The van der Waals surface area contributed by atoms with Crippen LogP contribution >= 0.6 is 0 Å². The summed E-state index contributed by atoms with van der Waals surface area (Å²) < 4.78 is 0. The fraction of sp³-hybridized carbons (Fsp3) is 0.833. The van der Waals surface area contributed by atoms with Gasteiger partial charge in [0.15, 0.2) is 0 Å². The van der Waals surface area contributed by atoms with Crippen molar-refractivity contribution < 1.29 is 14.7 Å². The SMILES string of the molecule is CCC(C)C(=O)NC(C(=O)O)C(CC)CC. The summed E-state index contributed by atoms with van der Waals surface area (Å²) in [6.45, 7) is 7.61. The first-order chi connectivity index (χ1) is 7.47. The molecule has 2 N–H and O–H groups in total. The van der Waals surface area contributed by atoms with Gasteiger partial charge in [-0.15, -0.1) is 0 Å². The van der Waals surface area contributed by atoms with Crippen molar-refractivity contribution in [3.8, 4) is 0 Å². The number of carboxylic acids is 1. The van der Waals surface area contributed by atoms with Gasteiger partial charge in [0.1, 0.15) is 6.04 Å². The fourth-order valence-electron chi connectivity index (χ4n) is 1.62. The van der Waals surface area contributed by atoms with Crippen molar-refractivity contribution in [2.24, 2.45) is 11.8 Å². The zero-order chi connectivity index (χ0) is 12.7. The van der Waals surface area contributed by atoms with Gasteiger partial charge < -0.3 is 10.4 Å². The van der Waals surface area contributed by atoms with Crippen molar-refractivity contribution in [1.82, 2.24) is 5.32 Å². The van der Waals surface area contributed by atoms with Crippen LogP contribution in [0.3, 0.4) is 0 Å². The molecule has 0 saturated carbocycles. The summed E-state index contributed by atoms with van der Waals surface area (Å²) in [6, 6.07) is -0.753. The summed E-state index contributed by atoms with van der Waals surface area (Å²) in [6.07, 6.45) is 2.24. The minimum Gasteiger partial charge on any atom is -0.480 e. The van der Waals surface area contributed by atoms with Gasteiger partial charge in [0.05, 0.1) is 0 Å². The highest BCUT2D eigenvalue weighted by molar-refractivity contribution is 5.84. The van der Waals surface area contributed by atoms with Crippen molar-refractivity contribution in [3.63, 3.8) is 0 Å². The Bertz CT molecular complexity index is 236. The van der Waals surface area contributed by atoms with Gasteiger partial charge in [0.2, 0.25) is 5.91 Å². The van der Waals surface area contributed by atoms with Crippen LogP contribution in [-0.2, 0) is 9.59 Å². The highest BCUT2D eigenvalue weighted by Gasteiger charge is 2.28. The smallest absolute Gasteiger partial charge is 0.326 e. The molecule has 0 aliphatic rings. The standard InChI is InChI=1S/C12H23NO3/c1-5-8(4)11(14)13-10(12(15)16)9(6-2)7-3/h8-10H,5-7H2,1-4H3,(H,13,14)(H,15,16). The topological polar surface area (TPSA) is 66.4 Å². The van der Waals surface area contributed by atoms with Gasteiger partial charge in [0.25, 0.3) is 0 Å². The molecule has 0 aromatic rings. The summed E-state index contributed by atoms with van der Waals surface area (Å²) in [5.74, 6) is -1.23. The first-order valence-corrected chi connectivity index (χ1v) is 6.00. The molecule has 2 unspecified atom stereocenters. The van der Waals surface area contributed by atoms with Gasteiger partial charge in [-0.1, -0.05) is 40.5 Å². The van der Waals surface area contributed by atoms with E-state index in [1.54, 1.807) is 6.92 Å². The highest BCUT2D eigenvalue weighted by Crippen LogP contribution is 2.14. The molecule has 1 amide bonds. The van der Waals surface area contributed by atoms with E-state index in [0.29, 0.717) is 0 Å². The Morgan fingerprint density at radius 2 is 1.62 bits per heavy atom. The summed E-state index contributed by atoms with van der Waals surface area (Å²) in [4.78, 5) is 22.7. The second-order valence-corrected chi connectivity index (χ2v) is 4.21. The minimum absolute atomic E-state index is 0.00510. The lowest BCUT2D eigenvalue weighted by molar-refractivity contribution is -0.144. The number of amides is 1. The van der Waals surface area contributed by atoms with Crippen molar-refractivity contribution in [2.75, 3.05) is 0 Å². The molecule has 2 atom stereocenters. The van der Waals surface area contributed by atoms with Crippen LogP contribution in [0.2, 0.25) is 0 Å². The molecule has 0 heterocycles. The Balaban J connectivity index is 4.56. The van der Waals surface area contributed by atoms with Crippen LogP contribution in [0.4, 0.5) is 0 Å². The minimum atomic E-state index is -0.939. The average molecular weight is 229 g/mol. The van der Waals surface area contributed by atoms with Crippen LogP contribution in [0.5, 0.6) is 0 Å². The molecule has 0 fully saturated rings. The second kappa shape index (κ2) is 7.25. The largest absolute Gasteiger partial charge is 0.480 e. The molecule has 0 radical (unpaired) electrons. The van der Waals surface area contributed by atoms with Gasteiger partial charge in [0, 0.05) is 5.92 Å². The molecule has 16 heavy (non-hydrogen) atoms. The van der Waals surface area contributed by atoms with Gasteiger partial charge >= 0.3 is 5.97 Å². The second-order valence-electron chi connectivity index (χ2n) is 4.21. The van der Waals surface area contributed by atoms with Crippen molar-refractivity contribution in [3.05, 3.63) is 0 Å². The predicted molar refractivity (Wildman–Crippen MR) is 63.1 cm³/mol. The molecular formula is C12H23NO3. The van der Waals surface area contributed by atoms with Gasteiger partial charge in [-0.2, -0.15) is 0 Å². The molecule has 0 aliphatic carbocycles. The first kappa shape index (κ1) is 14.9. The maximum atomic E-state index is 11.7. The first-order valence-electron chi connectivity index (χ1n) is 6.00. The van der Waals surface area contributed by atoms with Crippen molar-refractivity contribution in [2.45, 2.75) is 53.0 Å². The Morgan fingerprint density at radius 3 is 1.94 bits per heavy atom. The molecular weight excluding hydrogens is 206 g/mol. The van der Waals surface area contributed by atoms with E-state index in [9.17, 15) is 9.59 Å². The number of aliphatic carboxylic acids is 1. The van der Waals surface area contributed by atoms with E-state index >= 15 is 0 Å². The van der Waals surface area contributed by atoms with Crippen LogP contribution in [0, 0.1) is 11.8 Å². The zero-order valence-electron chi connectivity index (χ0n) is 10.6. The third-order valence-corrected chi connectivity index (χ3v) is 3.14. The normalized spacial score (nSPS) is 14.6. The van der Waals surface area contributed by atoms with Crippen LogP contribution in [-0.4, -0.2) is 23.0 Å². The van der Waals surface area contributed by atoms with E-state index in [0.717, 1.165) is 19.3 Å². The van der Waals surface area contributed by atoms with Crippen LogP contribution in [0.25, 0.3) is 0 Å². The molecule has 0 saturated heterocycles. The Hall–Kier alpha value is -1.06. The number of hydrogen-bond acceptors (Lipinski definition) is 2. The molecule has 4 heteroatoms. The van der Waals surface area contributed by atoms with Crippen LogP contribution in [0.1, 0.15) is 47.0 Å². The predicted octanol–water partition coefficient (Wildman–Crippen LogP) is 2.04. The summed E-state index contributed by atoms with van der Waals surface area (Å²) >= 11 is 0. The quantitative estimate of drug-likeness (QED) is 0.702. The van der Waals surface area contributed by atoms with Crippen molar-refractivity contribution in [1.29, 1.82) is 0 Å². The summed E-state index contributed by atoms with van der Waals surface area (Å²) in [5, 5.41) is 11.7. The highest BCUT2D eigenvalue weighted by atomic mass is 16.4. The van der Waals surface area contributed by atoms with E-state index in [1.807, 2.05) is 20.8 Å². The lowest BCUT2D eigenvalue weighted by Gasteiger charge is -2.23. The van der Waals surface area contributed by atoms with Crippen molar-refractivity contribution >= 4 is 11.9 Å². The third kappa shape index (κ3) is 4.21. The van der Waals surface area contributed by atoms with E-state index in [2.05, 4.69) is 5.32 Å². The number of carboxylic acid groups (broad SMARTS) is 1. The maximum Gasteiger partial charge on any atom is 0.326 e. The maximum absolute atomic E-state index is 11.7. The summed E-state index contributed by atoms with van der Waals surface area (Å²) in [7, 11) is 0. The Labute approximate surface area is 97.4 Å². The zero-order valence-corrected chi connectivity index (χ0v) is 10.6. The molecule has 0 bridgehead atoms. The van der Waals surface area contributed by atoms with E-state index in [1.165, 1.54) is 0 Å². The Morgan fingerprint density at radius 1 is 1.12 bits per heavy atom. The number of rotatable bonds is 7. The fourth-order valence-corrected chi connectivity index (χ4v) is 1.62. The molecule has 0 aromatic carbocycles. The Kier molecular flexibility index (Phi) is 6.77. The molecule has 4 nitrogen and oxygen atoms in total. The molecule has 0 aromatic heterocycles. The summed E-state index contributed by atoms with van der Waals surface area (Å²) in [5.41, 5.74) is 0. The van der Waals surface area contributed by atoms with Crippen LogP contribution < -0.4 is 5.32 Å². The third-order valence-electron chi connectivity index (χ3n) is 3.14. The van der Waals surface area contributed by atoms with Gasteiger partial charge in [-0.3, -0.25) is 4.79 Å². The van der Waals surface area contributed by atoms with E-state index in [4.69, 9.17) is 5.11 Å². The van der Waals surface area contributed by atoms with Gasteiger partial charge in [-0.25, -0.2) is 4.79 Å². The molecule has 0 rings (SSSR count). The number of carbonyl (C=O) groups excluding carboxylic acids is 1. The molecule has 0 aliphatic heterocycles. The lowest BCUT2D eigenvalue weighted by Crippen LogP contribution is -2.47. The average Bonchev–Trinajstić information content (AvgIpc) is 2.27. The van der Waals surface area contributed by atoms with E-state index in [-0.39, 0.29) is 17.7 Å². The van der Waals surface area contributed by atoms with E-state index < -0.39 is 12.0 Å². The number of nitrogens with one attached hydrogen (secondary N) is 1. The lowest BCUT2D eigenvalue weighted by atomic mass is 9.93.